The normalized spacial score (nSPS) is 20.1. The number of benzene rings is 2. The molecule has 0 spiro atoms. The fourth-order valence-corrected chi connectivity index (χ4v) is 4.70. The molecule has 1 fully saturated rings. The second-order valence-corrected chi connectivity index (χ2v) is 9.06. The minimum Gasteiger partial charge on any atom is -0.435 e. The van der Waals surface area contributed by atoms with Crippen molar-refractivity contribution in [2.24, 2.45) is 5.92 Å². The van der Waals surface area contributed by atoms with Crippen molar-refractivity contribution in [1.82, 2.24) is 0 Å². The van der Waals surface area contributed by atoms with Gasteiger partial charge in [-0.25, -0.2) is 0 Å². The predicted molar refractivity (Wildman–Crippen MR) is 122 cm³/mol. The Balaban J connectivity index is 1.55. The monoisotopic (exact) mass is 466 g/mol. The number of hydrogen-bond donors (Lipinski definition) is 0. The fraction of sp³-hybridized carbons (Fsp3) is 0.556. The summed E-state index contributed by atoms with van der Waals surface area (Å²) in [5.41, 5.74) is 1.37. The van der Waals surface area contributed by atoms with Crippen molar-refractivity contribution in [3.05, 3.63) is 65.2 Å². The van der Waals surface area contributed by atoms with Gasteiger partial charge in [-0.1, -0.05) is 69.0 Å². The van der Waals surface area contributed by atoms with Gasteiger partial charge in [0.15, 0.2) is 0 Å². The van der Waals surface area contributed by atoms with Crippen molar-refractivity contribution < 1.29 is 27.0 Å². The first kappa shape index (κ1) is 25.5. The van der Waals surface area contributed by atoms with E-state index in [-0.39, 0.29) is 11.3 Å². The van der Waals surface area contributed by atoms with E-state index in [1.807, 2.05) is 0 Å². The average Bonchev–Trinajstić information content (AvgIpc) is 2.79. The highest BCUT2D eigenvalue weighted by Gasteiger charge is 2.35. The molecule has 0 aromatic heterocycles. The fourth-order valence-electron chi connectivity index (χ4n) is 4.70. The van der Waals surface area contributed by atoms with Crippen LogP contribution in [0.1, 0.15) is 93.9 Å². The second-order valence-electron chi connectivity index (χ2n) is 9.06. The maximum Gasteiger partial charge on any atom is 0.387 e. The van der Waals surface area contributed by atoms with Crippen LogP contribution in [0, 0.1) is 5.92 Å². The standard InChI is InChI=1S/C27H34F4O2/c1-3-4-5-6-20-7-9-22(10-8-20)23-11-15-24(16-12-23)27(30,31)33-19(2)21-13-17-25(18-14-21)32-26(28)29/h11-20,22,26H,3-10H2,1-2H3. The van der Waals surface area contributed by atoms with E-state index >= 15 is 0 Å². The molecule has 6 heteroatoms. The zero-order valence-corrected chi connectivity index (χ0v) is 19.4. The first-order valence-corrected chi connectivity index (χ1v) is 12.0. The van der Waals surface area contributed by atoms with E-state index in [9.17, 15) is 17.6 Å². The summed E-state index contributed by atoms with van der Waals surface area (Å²) in [4.78, 5) is 0. The lowest BCUT2D eigenvalue weighted by Gasteiger charge is -2.29. The molecule has 0 bridgehead atoms. The van der Waals surface area contributed by atoms with E-state index < -0.39 is 18.8 Å². The molecule has 0 amide bonds. The number of hydrogen-bond acceptors (Lipinski definition) is 2. The molecule has 2 aromatic carbocycles. The Labute approximate surface area is 194 Å². The Morgan fingerprint density at radius 1 is 0.909 bits per heavy atom. The van der Waals surface area contributed by atoms with Crippen LogP contribution < -0.4 is 4.74 Å². The summed E-state index contributed by atoms with van der Waals surface area (Å²) >= 11 is 0. The molecular weight excluding hydrogens is 432 g/mol. The Morgan fingerprint density at radius 3 is 2.12 bits per heavy atom. The van der Waals surface area contributed by atoms with Gasteiger partial charge < -0.3 is 9.47 Å². The van der Waals surface area contributed by atoms with Crippen molar-refractivity contribution in [3.8, 4) is 5.75 Å². The summed E-state index contributed by atoms with van der Waals surface area (Å²) in [5.74, 6) is 1.21. The molecule has 0 radical (unpaired) electrons. The number of unbranched alkanes of at least 4 members (excludes halogenated alkanes) is 2. The van der Waals surface area contributed by atoms with Crippen LogP contribution in [-0.2, 0) is 10.8 Å². The van der Waals surface area contributed by atoms with Gasteiger partial charge in [0.1, 0.15) is 5.75 Å². The highest BCUT2D eigenvalue weighted by Crippen LogP contribution is 2.40. The molecule has 3 rings (SSSR count). The van der Waals surface area contributed by atoms with Crippen LogP contribution in [0.2, 0.25) is 0 Å². The highest BCUT2D eigenvalue weighted by molar-refractivity contribution is 5.30. The minimum absolute atomic E-state index is 0.0294. The van der Waals surface area contributed by atoms with Gasteiger partial charge in [-0.15, -0.1) is 0 Å². The topological polar surface area (TPSA) is 18.5 Å². The SMILES string of the molecule is CCCCCC1CCC(c2ccc(C(F)(F)OC(C)c3ccc(OC(F)F)cc3)cc2)CC1. The smallest absolute Gasteiger partial charge is 0.387 e. The largest absolute Gasteiger partial charge is 0.435 e. The maximum absolute atomic E-state index is 14.8. The second kappa shape index (κ2) is 11.9. The van der Waals surface area contributed by atoms with Crippen molar-refractivity contribution in [2.75, 3.05) is 0 Å². The molecule has 182 valence electrons. The Bertz CT molecular complexity index is 828. The van der Waals surface area contributed by atoms with Crippen molar-refractivity contribution >= 4 is 0 Å². The van der Waals surface area contributed by atoms with Gasteiger partial charge in [-0.05, 0) is 67.7 Å². The van der Waals surface area contributed by atoms with Gasteiger partial charge in [0.05, 0.1) is 11.7 Å². The van der Waals surface area contributed by atoms with Crippen LogP contribution in [0.3, 0.4) is 0 Å². The maximum atomic E-state index is 14.8. The molecule has 2 aromatic rings. The van der Waals surface area contributed by atoms with E-state index in [0.717, 1.165) is 24.3 Å². The van der Waals surface area contributed by atoms with E-state index in [0.29, 0.717) is 11.5 Å². The third-order valence-corrected chi connectivity index (χ3v) is 6.68. The van der Waals surface area contributed by atoms with Crippen LogP contribution >= 0.6 is 0 Å². The molecule has 1 unspecified atom stereocenters. The predicted octanol–water partition coefficient (Wildman–Crippen LogP) is 8.97. The number of rotatable bonds is 11. The Morgan fingerprint density at radius 2 is 1.55 bits per heavy atom. The van der Waals surface area contributed by atoms with Gasteiger partial charge >= 0.3 is 12.7 Å². The molecule has 1 aliphatic rings. The quantitative estimate of drug-likeness (QED) is 0.243. The molecule has 1 saturated carbocycles. The summed E-state index contributed by atoms with van der Waals surface area (Å²) in [6.07, 6.45) is 5.44. The lowest BCUT2D eigenvalue weighted by Crippen LogP contribution is -2.20. The summed E-state index contributed by atoms with van der Waals surface area (Å²) < 4.78 is 63.4. The molecule has 1 aliphatic carbocycles. The molecular formula is C27H34F4O2. The summed E-state index contributed by atoms with van der Waals surface area (Å²) in [6.45, 7) is 0.795. The highest BCUT2D eigenvalue weighted by atomic mass is 19.3. The first-order chi connectivity index (χ1) is 15.8. The van der Waals surface area contributed by atoms with Crippen LogP contribution in [0.4, 0.5) is 17.6 Å². The molecule has 1 atom stereocenters. The van der Waals surface area contributed by atoms with Crippen molar-refractivity contribution in [1.29, 1.82) is 0 Å². The lowest BCUT2D eigenvalue weighted by atomic mass is 9.77. The molecule has 2 nitrogen and oxygen atoms in total. The summed E-state index contributed by atoms with van der Waals surface area (Å²) in [6, 6.07) is 12.0. The Kier molecular flexibility index (Phi) is 9.19. The summed E-state index contributed by atoms with van der Waals surface area (Å²) in [7, 11) is 0. The Hall–Kier alpha value is -2.08. The van der Waals surface area contributed by atoms with Crippen LogP contribution in [0.15, 0.2) is 48.5 Å². The van der Waals surface area contributed by atoms with Crippen molar-refractivity contribution in [3.63, 3.8) is 0 Å². The lowest BCUT2D eigenvalue weighted by molar-refractivity contribution is -0.272. The zero-order chi connectivity index (χ0) is 23.8. The van der Waals surface area contributed by atoms with E-state index in [1.54, 1.807) is 12.1 Å². The minimum atomic E-state index is -3.47. The third kappa shape index (κ3) is 7.46. The third-order valence-electron chi connectivity index (χ3n) is 6.68. The molecule has 0 aliphatic heterocycles. The van der Waals surface area contributed by atoms with E-state index in [4.69, 9.17) is 4.74 Å². The van der Waals surface area contributed by atoms with E-state index in [2.05, 4.69) is 11.7 Å². The zero-order valence-electron chi connectivity index (χ0n) is 19.4. The number of alkyl halides is 4. The molecule has 0 saturated heterocycles. The van der Waals surface area contributed by atoms with Gasteiger partial charge in [-0.3, -0.25) is 0 Å². The van der Waals surface area contributed by atoms with Gasteiger partial charge in [0.25, 0.3) is 0 Å². The van der Waals surface area contributed by atoms with E-state index in [1.165, 1.54) is 81.8 Å². The first-order valence-electron chi connectivity index (χ1n) is 12.0. The van der Waals surface area contributed by atoms with Gasteiger partial charge in [0, 0.05) is 0 Å². The van der Waals surface area contributed by atoms with Crippen molar-refractivity contribution in [2.45, 2.75) is 90.0 Å². The molecule has 0 heterocycles. The van der Waals surface area contributed by atoms with Gasteiger partial charge in [0.2, 0.25) is 0 Å². The number of halogens is 4. The number of ether oxygens (including phenoxy) is 2. The molecule has 33 heavy (non-hydrogen) atoms. The van der Waals surface area contributed by atoms with Crippen LogP contribution in [0.25, 0.3) is 0 Å². The average molecular weight is 467 g/mol. The van der Waals surface area contributed by atoms with Crippen LogP contribution in [-0.4, -0.2) is 6.61 Å². The van der Waals surface area contributed by atoms with Gasteiger partial charge in [-0.2, -0.15) is 17.6 Å². The molecule has 0 N–H and O–H groups in total. The summed E-state index contributed by atoms with van der Waals surface area (Å²) in [5, 5.41) is 0. The van der Waals surface area contributed by atoms with Crippen LogP contribution in [0.5, 0.6) is 5.75 Å².